The van der Waals surface area contributed by atoms with Gasteiger partial charge in [-0.25, -0.2) is 13.5 Å². The molecule has 204 valence electrons. The third kappa shape index (κ3) is 3.20. The molecule has 2 aromatic rings. The average Bonchev–Trinajstić information content (AvgIpc) is 3.45. The number of ketones is 1. The van der Waals surface area contributed by atoms with Gasteiger partial charge in [-0.3, -0.25) is 4.79 Å². The molecule has 0 spiro atoms. The summed E-state index contributed by atoms with van der Waals surface area (Å²) in [5.74, 6) is -1.65. The van der Waals surface area contributed by atoms with E-state index in [0.29, 0.717) is 32.1 Å². The first-order valence-electron chi connectivity index (χ1n) is 13.9. The van der Waals surface area contributed by atoms with Crippen LogP contribution >= 0.6 is 0 Å². The van der Waals surface area contributed by atoms with E-state index < -0.39 is 41.1 Å². The van der Waals surface area contributed by atoms with E-state index in [1.807, 2.05) is 6.92 Å². The molecule has 4 aliphatic carbocycles. The Labute approximate surface area is 221 Å². The van der Waals surface area contributed by atoms with Gasteiger partial charge in [-0.2, -0.15) is 5.10 Å². The Morgan fingerprint density at radius 1 is 1.21 bits per heavy atom. The summed E-state index contributed by atoms with van der Waals surface area (Å²) in [4.78, 5) is 12.8. The van der Waals surface area contributed by atoms with Gasteiger partial charge in [0.1, 0.15) is 23.7 Å². The first-order chi connectivity index (χ1) is 18.2. The summed E-state index contributed by atoms with van der Waals surface area (Å²) < 4.78 is 29.7. The molecule has 1 heterocycles. The molecule has 0 bridgehead atoms. The van der Waals surface area contributed by atoms with Crippen LogP contribution in [0.5, 0.6) is 0 Å². The number of carbonyl (C=O) groups excluding carboxylic acids is 1. The zero-order chi connectivity index (χ0) is 27.0. The number of aliphatic hydroxyl groups excluding tert-OH is 2. The Morgan fingerprint density at radius 3 is 2.68 bits per heavy atom. The van der Waals surface area contributed by atoms with E-state index in [2.05, 4.69) is 18.1 Å². The molecule has 3 saturated carbocycles. The fourth-order valence-electron chi connectivity index (χ4n) is 9.43. The van der Waals surface area contributed by atoms with Gasteiger partial charge in [0.2, 0.25) is 0 Å². The second kappa shape index (κ2) is 8.80. The van der Waals surface area contributed by atoms with E-state index in [0.717, 1.165) is 36.6 Å². The summed E-state index contributed by atoms with van der Waals surface area (Å²) in [5, 5.41) is 37.7. The van der Waals surface area contributed by atoms with E-state index in [1.54, 1.807) is 10.9 Å². The molecule has 0 radical (unpaired) electrons. The Hall–Kier alpha value is -2.42. The fraction of sp³-hybridized carbons (Fsp3) is 0.600. The smallest absolute Gasteiger partial charge is 0.190 e. The highest BCUT2D eigenvalue weighted by atomic mass is 19.1. The number of allylic oxidation sites excluding steroid dienone is 1. The van der Waals surface area contributed by atoms with Crippen LogP contribution in [0.3, 0.4) is 0 Å². The van der Waals surface area contributed by atoms with Crippen molar-refractivity contribution in [2.45, 2.75) is 76.9 Å². The third-order valence-electron chi connectivity index (χ3n) is 11.0. The monoisotopic (exact) mass is 526 g/mol. The topological polar surface area (TPSA) is 95.6 Å². The van der Waals surface area contributed by atoms with Gasteiger partial charge in [0.25, 0.3) is 0 Å². The number of nitrogens with zero attached hydrogens (tertiary/aromatic N) is 2. The predicted molar refractivity (Wildman–Crippen MR) is 137 cm³/mol. The second-order valence-electron chi connectivity index (χ2n) is 12.0. The van der Waals surface area contributed by atoms with Crippen LogP contribution < -0.4 is 0 Å². The van der Waals surface area contributed by atoms with Gasteiger partial charge in [-0.15, -0.1) is 0 Å². The molecule has 0 saturated heterocycles. The van der Waals surface area contributed by atoms with Gasteiger partial charge >= 0.3 is 0 Å². The van der Waals surface area contributed by atoms with E-state index in [4.69, 9.17) is 0 Å². The SMILES string of the molecule is CC[C@]12Cc3cnn(-c4ccc(F)cc4F)c3C=C1CC[C@@H]1[C@@H]2[C@@H](O)C[C@@]2(CC)[C@H]1CC[C@]2(O)C(=O)CO. The Bertz CT molecular complexity index is 1320. The zero-order valence-electron chi connectivity index (χ0n) is 22.0. The number of carbonyl (C=O) groups is 1. The lowest BCUT2D eigenvalue weighted by atomic mass is 9.43. The van der Waals surface area contributed by atoms with Gasteiger partial charge in [0.05, 0.1) is 18.0 Å². The Kier molecular flexibility index (Phi) is 5.98. The lowest BCUT2D eigenvalue weighted by Gasteiger charge is -2.62. The number of aliphatic hydroxyl groups is 3. The average molecular weight is 527 g/mol. The first kappa shape index (κ1) is 25.8. The highest BCUT2D eigenvalue weighted by molar-refractivity contribution is 5.89. The minimum atomic E-state index is -1.61. The van der Waals surface area contributed by atoms with Crippen LogP contribution in [0.15, 0.2) is 30.0 Å². The molecule has 3 N–H and O–H groups in total. The summed E-state index contributed by atoms with van der Waals surface area (Å²) in [6, 6.07) is 3.50. The van der Waals surface area contributed by atoms with Gasteiger partial charge in [-0.05, 0) is 92.9 Å². The van der Waals surface area contributed by atoms with E-state index in [1.165, 1.54) is 17.7 Å². The van der Waals surface area contributed by atoms with Crippen LogP contribution in [0, 0.1) is 40.2 Å². The van der Waals surface area contributed by atoms with Crippen LogP contribution in [-0.2, 0) is 11.2 Å². The number of halogens is 2. The number of fused-ring (bicyclic) bond motifs is 6. The van der Waals surface area contributed by atoms with Gasteiger partial charge < -0.3 is 15.3 Å². The van der Waals surface area contributed by atoms with Gasteiger partial charge in [-0.1, -0.05) is 19.4 Å². The molecule has 38 heavy (non-hydrogen) atoms. The molecule has 1 aromatic heterocycles. The first-order valence-corrected chi connectivity index (χ1v) is 13.9. The summed E-state index contributed by atoms with van der Waals surface area (Å²) >= 11 is 0. The van der Waals surface area contributed by atoms with Crippen molar-refractivity contribution in [2.24, 2.45) is 28.6 Å². The summed E-state index contributed by atoms with van der Waals surface area (Å²) in [5.41, 5.74) is 0.540. The fourth-order valence-corrected chi connectivity index (χ4v) is 9.43. The maximum Gasteiger partial charge on any atom is 0.190 e. The molecule has 1 aromatic carbocycles. The van der Waals surface area contributed by atoms with Crippen molar-refractivity contribution in [1.29, 1.82) is 0 Å². The highest BCUT2D eigenvalue weighted by Gasteiger charge is 2.69. The van der Waals surface area contributed by atoms with E-state index in [-0.39, 0.29) is 28.9 Å². The van der Waals surface area contributed by atoms with Crippen molar-refractivity contribution >= 4 is 11.9 Å². The normalized spacial score (nSPS) is 37.6. The summed E-state index contributed by atoms with van der Waals surface area (Å²) in [7, 11) is 0. The number of hydrogen-bond donors (Lipinski definition) is 3. The third-order valence-corrected chi connectivity index (χ3v) is 11.0. The number of hydrogen-bond acceptors (Lipinski definition) is 5. The lowest BCUT2D eigenvalue weighted by molar-refractivity contribution is -0.189. The van der Waals surface area contributed by atoms with Crippen LogP contribution in [0.1, 0.15) is 70.1 Å². The number of aromatic nitrogens is 2. The molecule has 0 amide bonds. The van der Waals surface area contributed by atoms with E-state index >= 15 is 0 Å². The number of rotatable bonds is 5. The highest BCUT2D eigenvalue weighted by Crippen LogP contribution is 2.69. The second-order valence-corrected chi connectivity index (χ2v) is 12.0. The molecule has 0 unspecified atom stereocenters. The van der Waals surface area contributed by atoms with Crippen molar-refractivity contribution in [3.63, 3.8) is 0 Å². The minimum absolute atomic E-state index is 0.0391. The molecule has 6 rings (SSSR count). The molecular formula is C30H36F2N2O4. The molecular weight excluding hydrogens is 490 g/mol. The van der Waals surface area contributed by atoms with Crippen molar-refractivity contribution in [1.82, 2.24) is 9.78 Å². The van der Waals surface area contributed by atoms with Gasteiger partial charge in [0.15, 0.2) is 11.6 Å². The lowest BCUT2D eigenvalue weighted by Crippen LogP contribution is -2.63. The quantitative estimate of drug-likeness (QED) is 0.538. The molecule has 3 fully saturated rings. The molecule has 4 aliphatic rings. The van der Waals surface area contributed by atoms with Crippen LogP contribution in [0.2, 0.25) is 0 Å². The van der Waals surface area contributed by atoms with Crippen LogP contribution in [-0.4, -0.2) is 49.2 Å². The Morgan fingerprint density at radius 2 is 2.00 bits per heavy atom. The molecule has 6 nitrogen and oxygen atoms in total. The van der Waals surface area contributed by atoms with Crippen LogP contribution in [0.25, 0.3) is 11.8 Å². The largest absolute Gasteiger partial charge is 0.393 e. The summed E-state index contributed by atoms with van der Waals surface area (Å²) in [6.45, 7) is 3.45. The number of Topliss-reactive ketones (excluding diaryl/α,β-unsaturated/α-hetero) is 1. The Balaban J connectivity index is 1.41. The number of benzene rings is 1. The standard InChI is InChI=1S/C30H36F2N2O4/c1-3-28-13-17-15-33-34(23-8-6-19(31)12-22(23)32)24(17)11-18(28)5-7-20-21-9-10-30(38,26(37)16-35)29(21,4-2)14-25(36)27(20)28/h6,8,11-12,15,20-21,25,27,35-36,38H,3-5,7,9-10,13-14,16H2,1-2H3/t20-,21-,25-,27+,28-,29-,30-/m0/s1. The van der Waals surface area contributed by atoms with Crippen molar-refractivity contribution in [2.75, 3.05) is 6.61 Å². The van der Waals surface area contributed by atoms with E-state index in [9.17, 15) is 28.9 Å². The van der Waals surface area contributed by atoms with Crippen molar-refractivity contribution < 1.29 is 28.9 Å². The molecule has 8 heteroatoms. The van der Waals surface area contributed by atoms with Crippen molar-refractivity contribution in [3.05, 3.63) is 52.9 Å². The zero-order valence-corrected chi connectivity index (χ0v) is 22.0. The van der Waals surface area contributed by atoms with Crippen LogP contribution in [0.4, 0.5) is 8.78 Å². The van der Waals surface area contributed by atoms with Crippen molar-refractivity contribution in [3.8, 4) is 5.69 Å². The predicted octanol–water partition coefficient (Wildman–Crippen LogP) is 4.38. The summed E-state index contributed by atoms with van der Waals surface area (Å²) in [6.07, 6.45) is 8.20. The maximum absolute atomic E-state index is 14.7. The maximum atomic E-state index is 14.7. The minimum Gasteiger partial charge on any atom is -0.393 e. The van der Waals surface area contributed by atoms with Gasteiger partial charge in [0, 0.05) is 16.9 Å². The molecule has 7 atom stereocenters. The molecule has 0 aliphatic heterocycles.